The van der Waals surface area contributed by atoms with E-state index in [-0.39, 0.29) is 11.9 Å². The molecule has 0 aliphatic carbocycles. The van der Waals surface area contributed by atoms with E-state index in [9.17, 15) is 4.79 Å². The number of hydrogen-bond acceptors (Lipinski definition) is 2. The standard InChI is InChI=1S/C18H26N2O/c1-13(2)14-8-11-20(12-9-14)18(21)17-16-6-4-3-5-15(16)7-10-19-17/h3-6,13-14,17,19H,7-12H2,1-2H3. The Bertz CT molecular complexity index is 504. The Morgan fingerprint density at radius 2 is 1.95 bits per heavy atom. The zero-order chi connectivity index (χ0) is 14.8. The zero-order valence-corrected chi connectivity index (χ0v) is 13.1. The molecule has 0 radical (unpaired) electrons. The van der Waals surface area contributed by atoms with Crippen LogP contribution in [0.15, 0.2) is 24.3 Å². The minimum absolute atomic E-state index is 0.134. The number of carbonyl (C=O) groups excluding carboxylic acids is 1. The molecule has 0 aromatic heterocycles. The predicted molar refractivity (Wildman–Crippen MR) is 85.0 cm³/mol. The number of piperidine rings is 1. The summed E-state index contributed by atoms with van der Waals surface area (Å²) in [6.45, 7) is 7.32. The number of nitrogens with zero attached hydrogens (tertiary/aromatic N) is 1. The zero-order valence-electron chi connectivity index (χ0n) is 13.1. The molecule has 1 saturated heterocycles. The summed E-state index contributed by atoms with van der Waals surface area (Å²) in [6.07, 6.45) is 3.32. The molecule has 0 saturated carbocycles. The molecule has 1 aromatic rings. The van der Waals surface area contributed by atoms with E-state index in [0.29, 0.717) is 0 Å². The first-order valence-electron chi connectivity index (χ1n) is 8.27. The maximum Gasteiger partial charge on any atom is 0.244 e. The van der Waals surface area contributed by atoms with Crippen LogP contribution in [0.2, 0.25) is 0 Å². The predicted octanol–water partition coefficient (Wildman–Crippen LogP) is 2.77. The van der Waals surface area contributed by atoms with Crippen LogP contribution in [0.5, 0.6) is 0 Å². The van der Waals surface area contributed by atoms with E-state index < -0.39 is 0 Å². The SMILES string of the molecule is CC(C)C1CCN(C(=O)C2NCCc3ccccc32)CC1. The van der Waals surface area contributed by atoms with Gasteiger partial charge in [-0.15, -0.1) is 0 Å². The molecule has 0 bridgehead atoms. The molecule has 114 valence electrons. The van der Waals surface area contributed by atoms with E-state index in [1.807, 2.05) is 6.07 Å². The molecular weight excluding hydrogens is 260 g/mol. The Balaban J connectivity index is 1.70. The lowest BCUT2D eigenvalue weighted by Crippen LogP contribution is -2.47. The van der Waals surface area contributed by atoms with Crippen LogP contribution in [-0.2, 0) is 11.2 Å². The topological polar surface area (TPSA) is 32.3 Å². The van der Waals surface area contributed by atoms with Crippen LogP contribution in [0.25, 0.3) is 0 Å². The average Bonchev–Trinajstić information content (AvgIpc) is 2.53. The van der Waals surface area contributed by atoms with Crippen molar-refractivity contribution in [1.82, 2.24) is 10.2 Å². The quantitative estimate of drug-likeness (QED) is 0.906. The lowest BCUT2D eigenvalue weighted by Gasteiger charge is -2.37. The van der Waals surface area contributed by atoms with Crippen LogP contribution < -0.4 is 5.32 Å². The summed E-state index contributed by atoms with van der Waals surface area (Å²) in [7, 11) is 0. The number of fused-ring (bicyclic) bond motifs is 1. The molecule has 3 nitrogen and oxygen atoms in total. The third kappa shape index (κ3) is 2.98. The number of benzene rings is 1. The van der Waals surface area contributed by atoms with Gasteiger partial charge in [-0.05, 0) is 42.2 Å². The van der Waals surface area contributed by atoms with Gasteiger partial charge < -0.3 is 10.2 Å². The van der Waals surface area contributed by atoms with Crippen LogP contribution >= 0.6 is 0 Å². The smallest absolute Gasteiger partial charge is 0.244 e. The van der Waals surface area contributed by atoms with E-state index in [1.165, 1.54) is 11.1 Å². The Hall–Kier alpha value is -1.35. The Labute approximate surface area is 127 Å². The Morgan fingerprint density at radius 1 is 1.24 bits per heavy atom. The third-order valence-corrected chi connectivity index (χ3v) is 5.15. The normalized spacial score (nSPS) is 23.2. The largest absolute Gasteiger partial charge is 0.341 e. The van der Waals surface area contributed by atoms with Gasteiger partial charge in [-0.1, -0.05) is 38.1 Å². The minimum Gasteiger partial charge on any atom is -0.341 e. The second-order valence-electron chi connectivity index (χ2n) is 6.74. The molecule has 1 aromatic carbocycles. The fraction of sp³-hybridized carbons (Fsp3) is 0.611. The van der Waals surface area contributed by atoms with Gasteiger partial charge in [0.1, 0.15) is 6.04 Å². The summed E-state index contributed by atoms with van der Waals surface area (Å²) in [5.41, 5.74) is 2.51. The Morgan fingerprint density at radius 3 is 2.67 bits per heavy atom. The highest BCUT2D eigenvalue weighted by Crippen LogP contribution is 2.28. The molecule has 1 atom stereocenters. The monoisotopic (exact) mass is 286 g/mol. The number of carbonyl (C=O) groups is 1. The molecule has 0 spiro atoms. The molecule has 2 heterocycles. The number of nitrogens with one attached hydrogen (secondary N) is 1. The summed E-state index contributed by atoms with van der Waals surface area (Å²) in [4.78, 5) is 14.9. The van der Waals surface area contributed by atoms with E-state index in [1.54, 1.807) is 0 Å². The van der Waals surface area contributed by atoms with Crippen LogP contribution in [0.4, 0.5) is 0 Å². The van der Waals surface area contributed by atoms with Gasteiger partial charge >= 0.3 is 0 Å². The van der Waals surface area contributed by atoms with Gasteiger partial charge in [0, 0.05) is 19.6 Å². The molecule has 1 N–H and O–H groups in total. The summed E-state index contributed by atoms with van der Waals surface area (Å²) < 4.78 is 0. The number of rotatable bonds is 2. The highest BCUT2D eigenvalue weighted by molar-refractivity contribution is 5.84. The molecule has 2 aliphatic heterocycles. The van der Waals surface area contributed by atoms with Crippen molar-refractivity contribution in [2.24, 2.45) is 11.8 Å². The fourth-order valence-corrected chi connectivity index (χ4v) is 3.69. The summed E-state index contributed by atoms with van der Waals surface area (Å²) in [5.74, 6) is 1.78. The summed E-state index contributed by atoms with van der Waals surface area (Å²) >= 11 is 0. The molecule has 3 rings (SSSR count). The van der Waals surface area contributed by atoms with Crippen LogP contribution in [-0.4, -0.2) is 30.4 Å². The van der Waals surface area contributed by atoms with Gasteiger partial charge in [0.15, 0.2) is 0 Å². The van der Waals surface area contributed by atoms with Crippen molar-refractivity contribution in [1.29, 1.82) is 0 Å². The average molecular weight is 286 g/mol. The maximum atomic E-state index is 12.9. The van der Waals surface area contributed by atoms with Crippen molar-refractivity contribution in [3.8, 4) is 0 Å². The van der Waals surface area contributed by atoms with Gasteiger partial charge in [0.05, 0.1) is 0 Å². The van der Waals surface area contributed by atoms with Gasteiger partial charge in [-0.25, -0.2) is 0 Å². The highest BCUT2D eigenvalue weighted by Gasteiger charge is 2.32. The van der Waals surface area contributed by atoms with E-state index in [2.05, 4.69) is 42.3 Å². The molecule has 3 heteroatoms. The van der Waals surface area contributed by atoms with Crippen molar-refractivity contribution in [2.45, 2.75) is 39.2 Å². The van der Waals surface area contributed by atoms with Crippen molar-refractivity contribution in [3.05, 3.63) is 35.4 Å². The molecule has 2 aliphatic rings. The second-order valence-corrected chi connectivity index (χ2v) is 6.74. The highest BCUT2D eigenvalue weighted by atomic mass is 16.2. The van der Waals surface area contributed by atoms with Crippen LogP contribution in [0.1, 0.15) is 43.9 Å². The maximum absolute atomic E-state index is 12.9. The first kappa shape index (κ1) is 14.6. The minimum atomic E-state index is -0.134. The fourth-order valence-electron chi connectivity index (χ4n) is 3.69. The van der Waals surface area contributed by atoms with Crippen LogP contribution in [0.3, 0.4) is 0 Å². The third-order valence-electron chi connectivity index (χ3n) is 5.15. The lowest BCUT2D eigenvalue weighted by molar-refractivity contribution is -0.135. The van der Waals surface area contributed by atoms with Crippen molar-refractivity contribution >= 4 is 5.91 Å². The van der Waals surface area contributed by atoms with E-state index in [4.69, 9.17) is 0 Å². The number of amides is 1. The first-order chi connectivity index (χ1) is 10.2. The summed E-state index contributed by atoms with van der Waals surface area (Å²) in [6, 6.07) is 8.23. The first-order valence-corrected chi connectivity index (χ1v) is 8.27. The molecule has 21 heavy (non-hydrogen) atoms. The van der Waals surface area contributed by atoms with Crippen LogP contribution in [0, 0.1) is 11.8 Å². The van der Waals surface area contributed by atoms with Crippen molar-refractivity contribution < 1.29 is 4.79 Å². The second kappa shape index (κ2) is 6.18. The van der Waals surface area contributed by atoms with Gasteiger partial charge in [0.2, 0.25) is 5.91 Å². The van der Waals surface area contributed by atoms with Gasteiger partial charge in [0.25, 0.3) is 0 Å². The number of hydrogen-bond donors (Lipinski definition) is 1. The van der Waals surface area contributed by atoms with Crippen molar-refractivity contribution in [3.63, 3.8) is 0 Å². The number of likely N-dealkylation sites (tertiary alicyclic amines) is 1. The van der Waals surface area contributed by atoms with E-state index in [0.717, 1.165) is 50.7 Å². The summed E-state index contributed by atoms with van der Waals surface area (Å²) in [5, 5.41) is 3.42. The molecule has 1 unspecified atom stereocenters. The van der Waals surface area contributed by atoms with Crippen molar-refractivity contribution in [2.75, 3.05) is 19.6 Å². The molecule has 1 amide bonds. The van der Waals surface area contributed by atoms with Gasteiger partial charge in [-0.2, -0.15) is 0 Å². The molecule has 1 fully saturated rings. The van der Waals surface area contributed by atoms with Gasteiger partial charge in [-0.3, -0.25) is 4.79 Å². The molecular formula is C18H26N2O. The Kier molecular flexibility index (Phi) is 4.29. The van der Waals surface area contributed by atoms with E-state index >= 15 is 0 Å². The lowest BCUT2D eigenvalue weighted by atomic mass is 9.86.